The van der Waals surface area contributed by atoms with Gasteiger partial charge in [0.1, 0.15) is 4.21 Å². The molecule has 0 amide bonds. The Kier molecular flexibility index (Phi) is 6.22. The first-order valence-corrected chi connectivity index (χ1v) is 10.2. The molecule has 1 heterocycles. The van der Waals surface area contributed by atoms with Crippen molar-refractivity contribution in [1.29, 1.82) is 0 Å². The molecule has 0 radical (unpaired) electrons. The minimum absolute atomic E-state index is 0.204. The van der Waals surface area contributed by atoms with E-state index in [0.29, 0.717) is 16.8 Å². The minimum atomic E-state index is -3.35. The Morgan fingerprint density at radius 3 is 2.67 bits per heavy atom. The van der Waals surface area contributed by atoms with Gasteiger partial charge in [-0.3, -0.25) is 0 Å². The fourth-order valence-corrected chi connectivity index (χ4v) is 5.39. The van der Waals surface area contributed by atoms with Crippen LogP contribution < -0.4 is 5.32 Å². The molecule has 0 bridgehead atoms. The Morgan fingerprint density at radius 1 is 1.38 bits per heavy atom. The minimum Gasteiger partial charge on any atom is -0.391 e. The highest BCUT2D eigenvalue weighted by atomic mass is 32.2. The summed E-state index contributed by atoms with van der Waals surface area (Å²) in [6.07, 6.45) is 5.12. The Balaban J connectivity index is 1.74. The van der Waals surface area contributed by atoms with Gasteiger partial charge in [0, 0.05) is 12.6 Å². The zero-order valence-electron chi connectivity index (χ0n) is 12.5. The van der Waals surface area contributed by atoms with Crippen LogP contribution in [-0.2, 0) is 9.84 Å². The zero-order chi connectivity index (χ0) is 15.3. The monoisotopic (exact) mass is 331 g/mol. The van der Waals surface area contributed by atoms with Gasteiger partial charge in [0.2, 0.25) is 0 Å². The predicted molar refractivity (Wildman–Crippen MR) is 86.4 cm³/mol. The van der Waals surface area contributed by atoms with Crippen molar-refractivity contribution in [1.82, 2.24) is 5.32 Å². The van der Waals surface area contributed by atoms with Crippen LogP contribution in [0, 0.1) is 5.92 Å². The van der Waals surface area contributed by atoms with Crippen molar-refractivity contribution in [2.75, 3.05) is 12.3 Å². The lowest BCUT2D eigenvalue weighted by Crippen LogP contribution is -2.40. The van der Waals surface area contributed by atoms with Gasteiger partial charge in [0.05, 0.1) is 11.9 Å². The van der Waals surface area contributed by atoms with E-state index in [1.54, 1.807) is 17.5 Å². The maximum absolute atomic E-state index is 12.1. The predicted octanol–water partition coefficient (Wildman–Crippen LogP) is 2.44. The normalized spacial score (nSPS) is 24.9. The first-order valence-electron chi connectivity index (χ1n) is 7.69. The summed E-state index contributed by atoms with van der Waals surface area (Å²) in [7, 11) is -3.35. The van der Waals surface area contributed by atoms with Crippen LogP contribution in [0.25, 0.3) is 0 Å². The molecular formula is C15H25NO3S2. The molecule has 6 heteroatoms. The standard InChI is InChI=1S/C15H25NO3S2/c1-2-12-5-7-13(8-6-12)16-10-14(17)11-21(18,19)15-4-3-9-20-15/h3-4,9,12-14,16-17H,2,5-8,10-11H2,1H3. The summed E-state index contributed by atoms with van der Waals surface area (Å²) < 4.78 is 24.5. The number of hydrogen-bond acceptors (Lipinski definition) is 5. The maximum atomic E-state index is 12.1. The van der Waals surface area contributed by atoms with Crippen LogP contribution in [0.3, 0.4) is 0 Å². The third-order valence-electron chi connectivity index (χ3n) is 4.28. The molecule has 0 aromatic carbocycles. The average Bonchev–Trinajstić information content (AvgIpc) is 3.00. The molecule has 0 aliphatic heterocycles. The molecule has 1 atom stereocenters. The van der Waals surface area contributed by atoms with Gasteiger partial charge in [-0.15, -0.1) is 11.3 Å². The molecule has 120 valence electrons. The molecule has 0 saturated heterocycles. The lowest BCUT2D eigenvalue weighted by atomic mass is 9.84. The van der Waals surface area contributed by atoms with Crippen molar-refractivity contribution in [2.45, 2.75) is 55.4 Å². The first-order chi connectivity index (χ1) is 10.0. The summed E-state index contributed by atoms with van der Waals surface area (Å²) in [6.45, 7) is 2.59. The average molecular weight is 332 g/mol. The SMILES string of the molecule is CCC1CCC(NCC(O)CS(=O)(=O)c2cccs2)CC1. The number of aliphatic hydroxyl groups is 1. The van der Waals surface area contributed by atoms with Crippen LogP contribution in [0.4, 0.5) is 0 Å². The molecular weight excluding hydrogens is 306 g/mol. The highest BCUT2D eigenvalue weighted by Gasteiger charge is 2.23. The number of hydrogen-bond donors (Lipinski definition) is 2. The summed E-state index contributed by atoms with van der Waals surface area (Å²) in [5.74, 6) is 0.636. The van der Waals surface area contributed by atoms with Crippen LogP contribution >= 0.6 is 11.3 Å². The summed E-state index contributed by atoms with van der Waals surface area (Å²) in [5.41, 5.74) is 0. The molecule has 1 aromatic rings. The van der Waals surface area contributed by atoms with E-state index < -0.39 is 15.9 Å². The molecule has 4 nitrogen and oxygen atoms in total. The van der Waals surface area contributed by atoms with Gasteiger partial charge in [-0.05, 0) is 43.0 Å². The number of thiophene rings is 1. The topological polar surface area (TPSA) is 66.4 Å². The van der Waals surface area contributed by atoms with Gasteiger partial charge < -0.3 is 10.4 Å². The van der Waals surface area contributed by atoms with Crippen LogP contribution in [0.1, 0.15) is 39.0 Å². The van der Waals surface area contributed by atoms with Gasteiger partial charge >= 0.3 is 0 Å². The van der Waals surface area contributed by atoms with Gasteiger partial charge in [-0.2, -0.15) is 0 Å². The molecule has 2 rings (SSSR count). The lowest BCUT2D eigenvalue weighted by Gasteiger charge is -2.29. The zero-order valence-corrected chi connectivity index (χ0v) is 14.1. The van der Waals surface area contributed by atoms with Gasteiger partial charge in [-0.25, -0.2) is 8.42 Å². The number of sulfone groups is 1. The van der Waals surface area contributed by atoms with Gasteiger partial charge in [0.15, 0.2) is 9.84 Å². The van der Waals surface area contributed by atoms with E-state index in [-0.39, 0.29) is 5.75 Å². The molecule has 0 spiro atoms. The third kappa shape index (κ3) is 5.06. The number of aliphatic hydroxyl groups excluding tert-OH is 1. The van der Waals surface area contributed by atoms with E-state index in [4.69, 9.17) is 0 Å². The summed E-state index contributed by atoms with van der Waals surface area (Å²) >= 11 is 1.20. The lowest BCUT2D eigenvalue weighted by molar-refractivity contribution is 0.179. The van der Waals surface area contributed by atoms with E-state index in [1.807, 2.05) is 0 Å². The summed E-state index contributed by atoms with van der Waals surface area (Å²) in [4.78, 5) is 0. The van der Waals surface area contributed by atoms with Crippen molar-refractivity contribution >= 4 is 21.2 Å². The second kappa shape index (κ2) is 7.72. The highest BCUT2D eigenvalue weighted by Crippen LogP contribution is 2.26. The quantitative estimate of drug-likeness (QED) is 0.805. The van der Waals surface area contributed by atoms with Crippen LogP contribution in [0.15, 0.2) is 21.7 Å². The summed E-state index contributed by atoms with van der Waals surface area (Å²) in [5, 5.41) is 15.0. The molecule has 2 N–H and O–H groups in total. The van der Waals surface area contributed by atoms with E-state index in [9.17, 15) is 13.5 Å². The van der Waals surface area contributed by atoms with E-state index in [1.165, 1.54) is 30.6 Å². The molecule has 1 fully saturated rings. The Bertz CT molecular complexity index is 505. The Labute approximate surface area is 131 Å². The van der Waals surface area contributed by atoms with Crippen LogP contribution in [-0.4, -0.2) is 38.0 Å². The summed E-state index contributed by atoms with van der Waals surface area (Å²) in [6, 6.07) is 3.73. The third-order valence-corrected chi connectivity index (χ3v) is 7.56. The van der Waals surface area contributed by atoms with Crippen LogP contribution in [0.2, 0.25) is 0 Å². The van der Waals surface area contributed by atoms with E-state index in [2.05, 4.69) is 12.2 Å². The van der Waals surface area contributed by atoms with Crippen molar-refractivity contribution in [2.24, 2.45) is 5.92 Å². The number of nitrogens with one attached hydrogen (secondary N) is 1. The van der Waals surface area contributed by atoms with Gasteiger partial charge in [0.25, 0.3) is 0 Å². The second-order valence-electron chi connectivity index (χ2n) is 5.90. The highest BCUT2D eigenvalue weighted by molar-refractivity contribution is 7.93. The molecule has 1 aromatic heterocycles. The van der Waals surface area contributed by atoms with Crippen molar-refractivity contribution in [3.8, 4) is 0 Å². The molecule has 1 aliphatic carbocycles. The largest absolute Gasteiger partial charge is 0.391 e. The second-order valence-corrected chi connectivity index (χ2v) is 9.11. The Morgan fingerprint density at radius 2 is 2.10 bits per heavy atom. The number of rotatable bonds is 7. The smallest absolute Gasteiger partial charge is 0.190 e. The van der Waals surface area contributed by atoms with E-state index >= 15 is 0 Å². The fraction of sp³-hybridized carbons (Fsp3) is 0.733. The maximum Gasteiger partial charge on any atom is 0.190 e. The van der Waals surface area contributed by atoms with Gasteiger partial charge in [-0.1, -0.05) is 19.4 Å². The molecule has 1 unspecified atom stereocenters. The Hall–Kier alpha value is -0.430. The van der Waals surface area contributed by atoms with Crippen molar-refractivity contribution in [3.05, 3.63) is 17.5 Å². The molecule has 1 aliphatic rings. The molecule has 21 heavy (non-hydrogen) atoms. The first kappa shape index (κ1) is 16.9. The molecule has 1 saturated carbocycles. The van der Waals surface area contributed by atoms with E-state index in [0.717, 1.165) is 18.8 Å². The van der Waals surface area contributed by atoms with Crippen LogP contribution in [0.5, 0.6) is 0 Å². The fourth-order valence-electron chi connectivity index (χ4n) is 2.91. The van der Waals surface area contributed by atoms with Crippen molar-refractivity contribution < 1.29 is 13.5 Å². The van der Waals surface area contributed by atoms with Crippen molar-refractivity contribution in [3.63, 3.8) is 0 Å².